The summed E-state index contributed by atoms with van der Waals surface area (Å²) in [6.45, 7) is 2.74. The maximum atomic E-state index is 12.6. The summed E-state index contributed by atoms with van der Waals surface area (Å²) in [5.41, 5.74) is 6.79. The fraction of sp³-hybridized carbons (Fsp3) is 0.650. The molecule has 2 aliphatic carbocycles. The first-order valence-corrected chi connectivity index (χ1v) is 10.9. The summed E-state index contributed by atoms with van der Waals surface area (Å²) in [6.07, 6.45) is 8.03. The molecule has 4 N–H and O–H groups in total. The molecule has 0 aliphatic heterocycles. The van der Waals surface area contributed by atoms with Crippen molar-refractivity contribution in [1.82, 2.24) is 15.3 Å². The van der Waals surface area contributed by atoms with E-state index in [1.807, 2.05) is 0 Å². The predicted octanol–water partition coefficient (Wildman–Crippen LogP) is 2.43. The van der Waals surface area contributed by atoms with Crippen LogP contribution in [0.5, 0.6) is 0 Å². The smallest absolute Gasteiger partial charge is 0.259 e. The molecule has 1 amide bonds. The van der Waals surface area contributed by atoms with Crippen LogP contribution in [-0.2, 0) is 24.1 Å². The van der Waals surface area contributed by atoms with Crippen molar-refractivity contribution in [3.63, 3.8) is 0 Å². The largest absolute Gasteiger partial charge is 0.349 e. The summed E-state index contributed by atoms with van der Waals surface area (Å²) in [7, 11) is 0. The van der Waals surface area contributed by atoms with Gasteiger partial charge in [-0.25, -0.2) is 4.98 Å². The number of hydrogen-bond acceptors (Lipinski definition) is 5. The minimum Gasteiger partial charge on any atom is -0.349 e. The quantitative estimate of drug-likeness (QED) is 0.732. The lowest BCUT2D eigenvalue weighted by Crippen LogP contribution is -2.51. The molecule has 27 heavy (non-hydrogen) atoms. The van der Waals surface area contributed by atoms with Gasteiger partial charge in [-0.15, -0.1) is 11.3 Å². The van der Waals surface area contributed by atoms with E-state index in [2.05, 4.69) is 22.2 Å². The molecule has 0 spiro atoms. The van der Waals surface area contributed by atoms with Crippen molar-refractivity contribution >= 4 is 27.5 Å². The third kappa shape index (κ3) is 3.67. The molecule has 0 bridgehead atoms. The van der Waals surface area contributed by atoms with E-state index < -0.39 is 0 Å². The monoisotopic (exact) mass is 388 g/mol. The average molecular weight is 389 g/mol. The van der Waals surface area contributed by atoms with Gasteiger partial charge in [0.2, 0.25) is 5.91 Å². The molecule has 4 rings (SSSR count). The van der Waals surface area contributed by atoms with Crippen molar-refractivity contribution in [3.05, 3.63) is 26.6 Å². The van der Waals surface area contributed by atoms with Crippen LogP contribution in [0.4, 0.5) is 0 Å². The fourth-order valence-electron chi connectivity index (χ4n) is 4.53. The Hall–Kier alpha value is -1.73. The number of nitrogens with zero attached hydrogens (tertiary/aromatic N) is 1. The van der Waals surface area contributed by atoms with Crippen molar-refractivity contribution in [3.8, 4) is 0 Å². The Morgan fingerprint density at radius 2 is 2.19 bits per heavy atom. The van der Waals surface area contributed by atoms with Gasteiger partial charge in [-0.3, -0.25) is 9.59 Å². The highest BCUT2D eigenvalue weighted by Crippen LogP contribution is 2.35. The number of nitrogens with one attached hydrogen (secondary N) is 2. The number of carbonyl (C=O) groups excluding carboxylic acids is 1. The van der Waals surface area contributed by atoms with E-state index in [1.54, 1.807) is 11.3 Å². The molecule has 7 heteroatoms. The maximum absolute atomic E-state index is 12.6. The van der Waals surface area contributed by atoms with E-state index in [4.69, 9.17) is 5.73 Å². The van der Waals surface area contributed by atoms with Crippen LogP contribution in [0.1, 0.15) is 61.7 Å². The van der Waals surface area contributed by atoms with Crippen molar-refractivity contribution in [2.45, 2.75) is 70.3 Å². The van der Waals surface area contributed by atoms with Gasteiger partial charge in [0.05, 0.1) is 10.9 Å². The summed E-state index contributed by atoms with van der Waals surface area (Å²) in [5, 5.41) is 3.89. The standard InChI is InChI=1S/C20H28N4O2S/c1-12-4-5-13-14(10-12)27-19-17(13)18(26)22-15(23-19)6-7-16(25)24-20(11-21)8-2-3-9-20/h12H,2-11,21H2,1H3,(H,24,25)(H,22,23,26). The lowest BCUT2D eigenvalue weighted by Gasteiger charge is -2.28. The summed E-state index contributed by atoms with van der Waals surface area (Å²) in [6, 6.07) is 0. The highest BCUT2D eigenvalue weighted by atomic mass is 32.1. The fourth-order valence-corrected chi connectivity index (χ4v) is 5.94. The zero-order valence-electron chi connectivity index (χ0n) is 15.9. The van der Waals surface area contributed by atoms with Crippen LogP contribution in [0, 0.1) is 5.92 Å². The number of carbonyl (C=O) groups is 1. The number of thiophene rings is 1. The van der Waals surface area contributed by atoms with Gasteiger partial charge < -0.3 is 16.0 Å². The minimum atomic E-state index is -0.231. The van der Waals surface area contributed by atoms with Gasteiger partial charge in [0.25, 0.3) is 5.56 Å². The van der Waals surface area contributed by atoms with Crippen LogP contribution in [0.25, 0.3) is 10.2 Å². The highest BCUT2D eigenvalue weighted by Gasteiger charge is 2.33. The van der Waals surface area contributed by atoms with Crippen LogP contribution < -0.4 is 16.6 Å². The van der Waals surface area contributed by atoms with E-state index in [-0.39, 0.29) is 17.0 Å². The predicted molar refractivity (Wildman–Crippen MR) is 108 cm³/mol. The molecule has 6 nitrogen and oxygen atoms in total. The van der Waals surface area contributed by atoms with Gasteiger partial charge >= 0.3 is 0 Å². The first-order valence-electron chi connectivity index (χ1n) is 10.0. The zero-order valence-corrected chi connectivity index (χ0v) is 16.7. The van der Waals surface area contributed by atoms with Crippen LogP contribution in [0.3, 0.4) is 0 Å². The first-order chi connectivity index (χ1) is 13.0. The highest BCUT2D eigenvalue weighted by molar-refractivity contribution is 7.18. The van der Waals surface area contributed by atoms with Crippen molar-refractivity contribution < 1.29 is 4.79 Å². The van der Waals surface area contributed by atoms with E-state index in [0.29, 0.717) is 31.1 Å². The van der Waals surface area contributed by atoms with Crippen LogP contribution in [-0.4, -0.2) is 28.0 Å². The molecule has 146 valence electrons. The first kappa shape index (κ1) is 18.6. The Bertz CT molecular complexity index is 911. The number of H-pyrrole nitrogens is 1. The number of aromatic nitrogens is 2. The molecule has 0 radical (unpaired) electrons. The Morgan fingerprint density at radius 3 is 2.93 bits per heavy atom. The second-order valence-corrected chi connectivity index (χ2v) is 9.37. The second kappa shape index (κ2) is 7.36. The molecule has 2 aromatic rings. The number of aryl methyl sites for hydroxylation is 2. The SMILES string of the molecule is CC1CCc2c(sc3nc(CCC(=O)NC4(CN)CCCC4)[nH]c(=O)c23)C1. The molecule has 2 heterocycles. The molecule has 1 saturated carbocycles. The van der Waals surface area contributed by atoms with Gasteiger partial charge in [-0.2, -0.15) is 0 Å². The number of fused-ring (bicyclic) bond motifs is 3. The summed E-state index contributed by atoms with van der Waals surface area (Å²) >= 11 is 1.65. The maximum Gasteiger partial charge on any atom is 0.259 e. The van der Waals surface area contributed by atoms with Gasteiger partial charge in [-0.05, 0) is 43.6 Å². The number of rotatable bonds is 5. The Labute approximate surface area is 163 Å². The summed E-state index contributed by atoms with van der Waals surface area (Å²) in [4.78, 5) is 34.7. The number of nitrogens with two attached hydrogens (primary N) is 1. The van der Waals surface area contributed by atoms with Crippen molar-refractivity contribution in [1.29, 1.82) is 0 Å². The molecule has 2 aromatic heterocycles. The van der Waals surface area contributed by atoms with Gasteiger partial charge in [0.15, 0.2) is 0 Å². The molecule has 0 aromatic carbocycles. The third-order valence-electron chi connectivity index (χ3n) is 6.16. The number of aromatic amines is 1. The van der Waals surface area contributed by atoms with E-state index in [1.165, 1.54) is 10.4 Å². The Morgan fingerprint density at radius 1 is 1.41 bits per heavy atom. The van der Waals surface area contributed by atoms with E-state index >= 15 is 0 Å². The van der Waals surface area contributed by atoms with E-state index in [0.717, 1.165) is 55.2 Å². The molecule has 1 unspecified atom stereocenters. The minimum absolute atomic E-state index is 0.00982. The van der Waals surface area contributed by atoms with Gasteiger partial charge in [0, 0.05) is 24.3 Å². The number of hydrogen-bond donors (Lipinski definition) is 3. The van der Waals surface area contributed by atoms with Crippen LogP contribution >= 0.6 is 11.3 Å². The topological polar surface area (TPSA) is 101 Å². The molecular formula is C20H28N4O2S. The Balaban J connectivity index is 1.48. The lowest BCUT2D eigenvalue weighted by atomic mass is 9.89. The van der Waals surface area contributed by atoms with Crippen molar-refractivity contribution in [2.75, 3.05) is 6.54 Å². The average Bonchev–Trinajstić information content (AvgIpc) is 3.24. The van der Waals surface area contributed by atoms with Gasteiger partial charge in [-0.1, -0.05) is 19.8 Å². The molecule has 2 aliphatic rings. The van der Waals surface area contributed by atoms with E-state index in [9.17, 15) is 9.59 Å². The molecule has 0 saturated heterocycles. The van der Waals surface area contributed by atoms with Gasteiger partial charge in [0.1, 0.15) is 10.7 Å². The molecule has 1 fully saturated rings. The van der Waals surface area contributed by atoms with Crippen molar-refractivity contribution in [2.24, 2.45) is 11.7 Å². The van der Waals surface area contributed by atoms with Crippen LogP contribution in [0.15, 0.2) is 4.79 Å². The second-order valence-electron chi connectivity index (χ2n) is 8.28. The lowest BCUT2D eigenvalue weighted by molar-refractivity contribution is -0.122. The zero-order chi connectivity index (χ0) is 19.0. The Kier molecular flexibility index (Phi) is 5.07. The third-order valence-corrected chi connectivity index (χ3v) is 7.31. The van der Waals surface area contributed by atoms with Crippen LogP contribution in [0.2, 0.25) is 0 Å². The molecule has 1 atom stereocenters. The summed E-state index contributed by atoms with van der Waals surface area (Å²) < 4.78 is 0. The normalized spacial score (nSPS) is 21.3. The molecular weight excluding hydrogens is 360 g/mol. The number of amides is 1. The summed E-state index contributed by atoms with van der Waals surface area (Å²) in [5.74, 6) is 1.25.